The quantitative estimate of drug-likeness (QED) is 0.571. The molecule has 0 radical (unpaired) electrons. The van der Waals surface area contributed by atoms with Gasteiger partial charge in [0.2, 0.25) is 0 Å². The van der Waals surface area contributed by atoms with Crippen molar-refractivity contribution in [3.05, 3.63) is 52.0 Å². The zero-order chi connectivity index (χ0) is 22.4. The summed E-state index contributed by atoms with van der Waals surface area (Å²) < 4.78 is 12.5. The Hall–Kier alpha value is -2.16. The molecule has 31 heavy (non-hydrogen) atoms. The minimum Gasteiger partial charge on any atom is -0.490 e. The van der Waals surface area contributed by atoms with Crippen LogP contribution in [0.25, 0.3) is 0 Å². The van der Waals surface area contributed by atoms with Gasteiger partial charge in [-0.05, 0) is 62.9 Å². The van der Waals surface area contributed by atoms with Gasteiger partial charge in [0.05, 0.1) is 6.61 Å². The number of carbonyl (C=O) groups excluding carboxylic acids is 1. The van der Waals surface area contributed by atoms with E-state index in [-0.39, 0.29) is 12.5 Å². The van der Waals surface area contributed by atoms with Gasteiger partial charge in [0.1, 0.15) is 4.99 Å². The molecule has 1 amide bonds. The van der Waals surface area contributed by atoms with E-state index in [9.17, 15) is 4.79 Å². The van der Waals surface area contributed by atoms with Crippen molar-refractivity contribution in [3.8, 4) is 11.5 Å². The molecule has 1 aliphatic heterocycles. The highest BCUT2D eigenvalue weighted by molar-refractivity contribution is 9.10. The summed E-state index contributed by atoms with van der Waals surface area (Å²) in [6, 6.07) is 11.3. The number of halogens is 1. The maximum absolute atomic E-state index is 12.3. The fraction of sp³-hybridized carbons (Fsp3) is 0.391. The van der Waals surface area contributed by atoms with Crippen LogP contribution in [0.15, 0.2) is 40.9 Å². The lowest BCUT2D eigenvalue weighted by molar-refractivity contribution is -0.118. The van der Waals surface area contributed by atoms with Crippen molar-refractivity contribution in [2.24, 2.45) is 0 Å². The van der Waals surface area contributed by atoms with E-state index in [0.29, 0.717) is 18.1 Å². The lowest BCUT2D eigenvalue weighted by Crippen LogP contribution is -2.46. The molecule has 1 saturated heterocycles. The highest BCUT2D eigenvalue weighted by Gasteiger charge is 2.19. The summed E-state index contributed by atoms with van der Waals surface area (Å²) in [6.45, 7) is 8.07. The van der Waals surface area contributed by atoms with Crippen LogP contribution in [0.2, 0.25) is 0 Å². The normalized spacial score (nSPS) is 14.3. The Morgan fingerprint density at radius 1 is 1.10 bits per heavy atom. The number of anilines is 1. The SMILES string of the molecule is CCOc1cc(C(=S)N2CCN(C)CC2)ccc1OCC(=O)Nc1ccc(Br)c(C)c1. The first kappa shape index (κ1) is 23.5. The van der Waals surface area contributed by atoms with Crippen molar-refractivity contribution in [1.29, 1.82) is 0 Å². The molecule has 1 fully saturated rings. The topological polar surface area (TPSA) is 54.0 Å². The summed E-state index contributed by atoms with van der Waals surface area (Å²) in [4.78, 5) is 17.7. The first-order valence-electron chi connectivity index (χ1n) is 10.3. The van der Waals surface area contributed by atoms with Crippen molar-refractivity contribution < 1.29 is 14.3 Å². The number of benzene rings is 2. The van der Waals surface area contributed by atoms with E-state index in [2.05, 4.69) is 38.1 Å². The van der Waals surface area contributed by atoms with E-state index in [1.54, 1.807) is 0 Å². The fourth-order valence-corrected chi connectivity index (χ4v) is 3.84. The van der Waals surface area contributed by atoms with Crippen LogP contribution in [0.1, 0.15) is 18.1 Å². The second-order valence-corrected chi connectivity index (χ2v) is 8.73. The Morgan fingerprint density at radius 3 is 2.52 bits per heavy atom. The molecular weight excluding hydrogens is 478 g/mol. The fourth-order valence-electron chi connectivity index (χ4n) is 3.28. The molecule has 2 aromatic carbocycles. The molecular formula is C23H28BrN3O3S. The second kappa shape index (κ2) is 10.9. The number of ether oxygens (including phenoxy) is 2. The lowest BCUT2D eigenvalue weighted by atomic mass is 10.1. The van der Waals surface area contributed by atoms with Gasteiger partial charge in [0, 0.05) is 41.9 Å². The molecule has 0 saturated carbocycles. The Bertz CT molecular complexity index is 946. The second-order valence-electron chi connectivity index (χ2n) is 7.49. The monoisotopic (exact) mass is 505 g/mol. The predicted octanol–water partition coefficient (Wildman–Crippen LogP) is 4.10. The van der Waals surface area contributed by atoms with Gasteiger partial charge < -0.3 is 24.6 Å². The molecule has 0 aromatic heterocycles. The number of carbonyl (C=O) groups is 1. The number of thiocarbonyl (C=S) groups is 1. The van der Waals surface area contributed by atoms with E-state index < -0.39 is 0 Å². The van der Waals surface area contributed by atoms with Crippen LogP contribution >= 0.6 is 28.1 Å². The molecule has 6 nitrogen and oxygen atoms in total. The van der Waals surface area contributed by atoms with Gasteiger partial charge in [0.15, 0.2) is 18.1 Å². The van der Waals surface area contributed by atoms with Gasteiger partial charge >= 0.3 is 0 Å². The molecule has 1 heterocycles. The van der Waals surface area contributed by atoms with Gasteiger partial charge in [-0.1, -0.05) is 28.1 Å². The van der Waals surface area contributed by atoms with Crippen molar-refractivity contribution in [1.82, 2.24) is 9.80 Å². The standard InChI is InChI=1S/C23H28BrN3O3S/c1-4-29-21-14-17(23(31)27-11-9-26(3)10-12-27)5-8-20(21)30-15-22(28)25-18-6-7-19(24)16(2)13-18/h5-8,13-14H,4,9-12,15H2,1-3H3,(H,25,28). The van der Waals surface area contributed by atoms with Crippen molar-refractivity contribution in [2.45, 2.75) is 13.8 Å². The average Bonchev–Trinajstić information content (AvgIpc) is 2.75. The molecule has 1 N–H and O–H groups in total. The summed E-state index contributed by atoms with van der Waals surface area (Å²) in [5, 5.41) is 2.85. The molecule has 0 bridgehead atoms. The van der Waals surface area contributed by atoms with Crippen LogP contribution in [0.5, 0.6) is 11.5 Å². The maximum atomic E-state index is 12.3. The number of rotatable bonds is 7. The summed E-state index contributed by atoms with van der Waals surface area (Å²) in [5.74, 6) is 0.874. The molecule has 2 aromatic rings. The van der Waals surface area contributed by atoms with Gasteiger partial charge in [-0.25, -0.2) is 0 Å². The Kier molecular flexibility index (Phi) is 8.28. The summed E-state index contributed by atoms with van der Waals surface area (Å²) in [6.07, 6.45) is 0. The molecule has 0 spiro atoms. The van der Waals surface area contributed by atoms with Crippen LogP contribution in [0.4, 0.5) is 5.69 Å². The molecule has 1 aliphatic rings. The van der Waals surface area contributed by atoms with Gasteiger partial charge in [-0.3, -0.25) is 4.79 Å². The van der Waals surface area contributed by atoms with Crippen LogP contribution in [0, 0.1) is 6.92 Å². The zero-order valence-corrected chi connectivity index (χ0v) is 20.5. The van der Waals surface area contributed by atoms with Gasteiger partial charge in [-0.15, -0.1) is 0 Å². The summed E-state index contributed by atoms with van der Waals surface area (Å²) >= 11 is 9.17. The van der Waals surface area contributed by atoms with Crippen LogP contribution in [-0.2, 0) is 4.79 Å². The van der Waals surface area contributed by atoms with E-state index in [4.69, 9.17) is 21.7 Å². The molecule has 166 valence electrons. The molecule has 8 heteroatoms. The minimum absolute atomic E-state index is 0.114. The number of aryl methyl sites for hydroxylation is 1. The molecule has 0 aliphatic carbocycles. The highest BCUT2D eigenvalue weighted by Crippen LogP contribution is 2.29. The molecule has 3 rings (SSSR count). The molecule has 0 atom stereocenters. The lowest BCUT2D eigenvalue weighted by Gasteiger charge is -2.34. The summed E-state index contributed by atoms with van der Waals surface area (Å²) in [7, 11) is 2.12. The third kappa shape index (κ3) is 6.41. The number of amides is 1. The number of piperazine rings is 1. The van der Waals surface area contributed by atoms with Crippen molar-refractivity contribution >= 4 is 44.7 Å². The first-order valence-corrected chi connectivity index (χ1v) is 11.5. The number of likely N-dealkylation sites (N-methyl/N-ethyl adjacent to an activating group) is 1. The number of nitrogens with zero attached hydrogens (tertiary/aromatic N) is 2. The van der Waals surface area contributed by atoms with Crippen molar-refractivity contribution in [3.63, 3.8) is 0 Å². The van der Waals surface area contributed by atoms with Gasteiger partial charge in [-0.2, -0.15) is 0 Å². The first-order chi connectivity index (χ1) is 14.9. The van der Waals surface area contributed by atoms with Gasteiger partial charge in [0.25, 0.3) is 5.91 Å². The smallest absolute Gasteiger partial charge is 0.262 e. The number of hydrogen-bond donors (Lipinski definition) is 1. The average molecular weight is 506 g/mol. The number of nitrogens with one attached hydrogen (secondary N) is 1. The number of hydrogen-bond acceptors (Lipinski definition) is 5. The highest BCUT2D eigenvalue weighted by atomic mass is 79.9. The third-order valence-corrected chi connectivity index (χ3v) is 6.47. The molecule has 0 unspecified atom stereocenters. The van der Waals surface area contributed by atoms with E-state index >= 15 is 0 Å². The van der Waals surface area contributed by atoms with E-state index in [1.807, 2.05) is 50.2 Å². The van der Waals surface area contributed by atoms with E-state index in [1.165, 1.54) is 0 Å². The Balaban J connectivity index is 1.64. The minimum atomic E-state index is -0.235. The summed E-state index contributed by atoms with van der Waals surface area (Å²) in [5.41, 5.74) is 2.70. The van der Waals surface area contributed by atoms with Crippen LogP contribution < -0.4 is 14.8 Å². The Morgan fingerprint density at radius 2 is 1.84 bits per heavy atom. The van der Waals surface area contributed by atoms with E-state index in [0.717, 1.165) is 52.5 Å². The maximum Gasteiger partial charge on any atom is 0.262 e. The third-order valence-electron chi connectivity index (χ3n) is 5.08. The van der Waals surface area contributed by atoms with Crippen LogP contribution in [-0.4, -0.2) is 67.1 Å². The Labute approximate surface area is 197 Å². The predicted molar refractivity (Wildman–Crippen MR) is 131 cm³/mol. The van der Waals surface area contributed by atoms with Crippen LogP contribution in [0.3, 0.4) is 0 Å². The largest absolute Gasteiger partial charge is 0.490 e. The zero-order valence-electron chi connectivity index (χ0n) is 18.1. The van der Waals surface area contributed by atoms with Crippen molar-refractivity contribution in [2.75, 3.05) is 51.8 Å².